The van der Waals surface area contributed by atoms with Crippen molar-refractivity contribution in [1.29, 1.82) is 0 Å². The van der Waals surface area contributed by atoms with E-state index in [1.165, 1.54) is 11.3 Å². The van der Waals surface area contributed by atoms with E-state index in [4.69, 9.17) is 4.74 Å². The molecule has 0 amide bonds. The van der Waals surface area contributed by atoms with E-state index in [1.54, 1.807) is 0 Å². The third-order valence-electron chi connectivity index (χ3n) is 4.88. The molecule has 164 valence electrons. The number of azo groups is 1. The predicted octanol–water partition coefficient (Wildman–Crippen LogP) is 6.92. The normalized spacial score (nSPS) is 14.0. The highest BCUT2D eigenvalue weighted by molar-refractivity contribution is 7.14. The molecular weight excluding hydrogens is 413 g/mol. The molecule has 0 bridgehead atoms. The number of ether oxygens (including phenoxy) is 1. The van der Waals surface area contributed by atoms with Crippen molar-refractivity contribution in [1.82, 2.24) is 4.98 Å². The lowest BCUT2D eigenvalue weighted by atomic mass is 10.1. The molecule has 0 spiro atoms. The van der Waals surface area contributed by atoms with Crippen LogP contribution < -0.4 is 9.64 Å². The number of aryl methyl sites for hydroxylation is 2. The predicted molar refractivity (Wildman–Crippen MR) is 114 cm³/mol. The van der Waals surface area contributed by atoms with Gasteiger partial charge in [-0.1, -0.05) is 31.6 Å². The summed E-state index contributed by atoms with van der Waals surface area (Å²) in [6, 6.07) is 4.15. The number of hydrogen-bond acceptors (Lipinski definition) is 6. The Kier molecular flexibility index (Phi) is 7.33. The van der Waals surface area contributed by atoms with Crippen LogP contribution in [0, 0.1) is 6.92 Å². The molecular formula is C21H27F3N4OS. The Bertz CT molecular complexity index is 895. The molecule has 1 aliphatic heterocycles. The first-order valence-corrected chi connectivity index (χ1v) is 11.1. The largest absolute Gasteiger partial charge is 0.471 e. The summed E-state index contributed by atoms with van der Waals surface area (Å²) in [5.41, 5.74) is 4.15. The molecule has 0 radical (unpaired) electrons. The fourth-order valence-electron chi connectivity index (χ4n) is 3.35. The second kappa shape index (κ2) is 9.76. The quantitative estimate of drug-likeness (QED) is 0.398. The molecule has 1 aromatic carbocycles. The number of thiazole rings is 1. The highest BCUT2D eigenvalue weighted by Crippen LogP contribution is 2.38. The lowest BCUT2D eigenvalue weighted by Crippen LogP contribution is -2.21. The number of anilines is 1. The summed E-state index contributed by atoms with van der Waals surface area (Å²) in [7, 11) is 0. The van der Waals surface area contributed by atoms with Crippen LogP contribution in [-0.2, 0) is 12.8 Å². The minimum absolute atomic E-state index is 0.0593. The molecule has 0 saturated carbocycles. The standard InChI is InChI=1S/C21H27F3N4OS/c1-4-6-9-28-10-8-15-12-16(14(3)11-17(15)28)26-27-19-20(29-13-21(22,23)24)30-18(25-19)7-5-2/h11-12H,4-10,13H2,1-3H3. The second-order valence-corrected chi connectivity index (χ2v) is 8.48. The van der Waals surface area contributed by atoms with Gasteiger partial charge in [0.25, 0.3) is 0 Å². The minimum atomic E-state index is -4.41. The van der Waals surface area contributed by atoms with Gasteiger partial charge < -0.3 is 9.64 Å². The SMILES string of the molecule is CCCCN1CCc2cc(N=Nc3nc(CCC)sc3OCC(F)(F)F)c(C)cc21. The molecule has 0 unspecified atom stereocenters. The van der Waals surface area contributed by atoms with Crippen LogP contribution >= 0.6 is 11.3 Å². The van der Waals surface area contributed by atoms with Gasteiger partial charge in [0.05, 0.1) is 10.7 Å². The number of nitrogens with zero attached hydrogens (tertiary/aromatic N) is 4. The van der Waals surface area contributed by atoms with Gasteiger partial charge in [-0.2, -0.15) is 13.2 Å². The Hall–Kier alpha value is -2.16. The van der Waals surface area contributed by atoms with E-state index in [2.05, 4.69) is 33.1 Å². The van der Waals surface area contributed by atoms with Crippen LogP contribution in [0.1, 0.15) is 49.2 Å². The van der Waals surface area contributed by atoms with Gasteiger partial charge in [-0.05, 0) is 55.9 Å². The Labute approximate surface area is 179 Å². The van der Waals surface area contributed by atoms with E-state index < -0.39 is 12.8 Å². The average molecular weight is 441 g/mol. The van der Waals surface area contributed by atoms with Gasteiger partial charge in [0, 0.05) is 18.8 Å². The van der Waals surface area contributed by atoms with Gasteiger partial charge in [0.2, 0.25) is 10.9 Å². The fourth-order valence-corrected chi connectivity index (χ4v) is 4.30. The molecule has 1 aliphatic rings. The summed E-state index contributed by atoms with van der Waals surface area (Å²) in [4.78, 5) is 6.72. The summed E-state index contributed by atoms with van der Waals surface area (Å²) in [5.74, 6) is 0.108. The molecule has 9 heteroatoms. The van der Waals surface area contributed by atoms with E-state index >= 15 is 0 Å². The van der Waals surface area contributed by atoms with Crippen molar-refractivity contribution in [3.63, 3.8) is 0 Å². The van der Waals surface area contributed by atoms with Crippen molar-refractivity contribution < 1.29 is 17.9 Å². The summed E-state index contributed by atoms with van der Waals surface area (Å²) in [5, 5.41) is 9.22. The van der Waals surface area contributed by atoms with Crippen LogP contribution in [-0.4, -0.2) is 30.9 Å². The number of hydrogen-bond donors (Lipinski definition) is 0. The maximum atomic E-state index is 12.6. The fraction of sp³-hybridized carbons (Fsp3) is 0.571. The summed E-state index contributed by atoms with van der Waals surface area (Å²) in [6.07, 6.45) is 0.353. The molecule has 2 heterocycles. The highest BCUT2D eigenvalue weighted by atomic mass is 32.1. The van der Waals surface area contributed by atoms with E-state index in [9.17, 15) is 13.2 Å². The number of benzene rings is 1. The van der Waals surface area contributed by atoms with Crippen molar-refractivity contribution in [2.24, 2.45) is 10.2 Å². The maximum absolute atomic E-state index is 12.6. The van der Waals surface area contributed by atoms with Gasteiger partial charge in [0.15, 0.2) is 6.61 Å². The Morgan fingerprint density at radius 1 is 1.20 bits per heavy atom. The summed E-state index contributed by atoms with van der Waals surface area (Å²) >= 11 is 1.10. The summed E-state index contributed by atoms with van der Waals surface area (Å²) < 4.78 is 42.7. The topological polar surface area (TPSA) is 50.1 Å². The van der Waals surface area contributed by atoms with Gasteiger partial charge in [-0.3, -0.25) is 0 Å². The van der Waals surface area contributed by atoms with Crippen LogP contribution in [0.2, 0.25) is 0 Å². The molecule has 0 fully saturated rings. The molecule has 0 aliphatic carbocycles. The zero-order valence-corrected chi connectivity index (χ0v) is 18.4. The van der Waals surface area contributed by atoms with Crippen LogP contribution in [0.4, 0.5) is 30.4 Å². The highest BCUT2D eigenvalue weighted by Gasteiger charge is 2.29. The molecule has 0 atom stereocenters. The molecule has 1 aromatic heterocycles. The monoisotopic (exact) mass is 440 g/mol. The number of alkyl halides is 3. The van der Waals surface area contributed by atoms with E-state index in [1.807, 2.05) is 19.9 Å². The van der Waals surface area contributed by atoms with E-state index in [0.29, 0.717) is 17.1 Å². The number of aromatic nitrogens is 1. The van der Waals surface area contributed by atoms with Crippen molar-refractivity contribution in [3.8, 4) is 5.06 Å². The van der Waals surface area contributed by atoms with Crippen molar-refractivity contribution in [2.45, 2.75) is 59.1 Å². The third kappa shape index (κ3) is 5.71. The van der Waals surface area contributed by atoms with Gasteiger partial charge >= 0.3 is 6.18 Å². The van der Waals surface area contributed by atoms with Crippen molar-refractivity contribution >= 4 is 28.5 Å². The molecule has 5 nitrogen and oxygen atoms in total. The molecule has 0 N–H and O–H groups in total. The second-order valence-electron chi connectivity index (χ2n) is 7.43. The first-order chi connectivity index (χ1) is 14.3. The molecule has 2 aromatic rings. The van der Waals surface area contributed by atoms with Gasteiger partial charge in [-0.25, -0.2) is 4.98 Å². The lowest BCUT2D eigenvalue weighted by molar-refractivity contribution is -0.152. The number of rotatable bonds is 9. The van der Waals surface area contributed by atoms with E-state index in [0.717, 1.165) is 55.7 Å². The van der Waals surface area contributed by atoms with Crippen LogP contribution in [0.25, 0.3) is 0 Å². The van der Waals surface area contributed by atoms with Crippen LogP contribution in [0.15, 0.2) is 22.4 Å². The van der Waals surface area contributed by atoms with Crippen molar-refractivity contribution in [3.05, 3.63) is 28.3 Å². The Balaban J connectivity index is 1.81. The molecule has 3 rings (SSSR count). The first kappa shape index (κ1) is 22.5. The van der Waals surface area contributed by atoms with Crippen LogP contribution in [0.5, 0.6) is 5.06 Å². The Morgan fingerprint density at radius 3 is 2.70 bits per heavy atom. The average Bonchev–Trinajstić information content (AvgIpc) is 3.26. The zero-order chi connectivity index (χ0) is 21.7. The Morgan fingerprint density at radius 2 is 2.00 bits per heavy atom. The summed E-state index contributed by atoms with van der Waals surface area (Å²) in [6.45, 7) is 6.81. The first-order valence-electron chi connectivity index (χ1n) is 10.3. The molecule has 0 saturated heterocycles. The smallest absolute Gasteiger partial charge is 0.422 e. The van der Waals surface area contributed by atoms with Crippen molar-refractivity contribution in [2.75, 3.05) is 24.6 Å². The zero-order valence-electron chi connectivity index (χ0n) is 17.6. The lowest BCUT2D eigenvalue weighted by Gasteiger charge is -2.19. The number of halogens is 3. The van der Waals surface area contributed by atoms with Gasteiger partial charge in [0.1, 0.15) is 0 Å². The van der Waals surface area contributed by atoms with Crippen LogP contribution in [0.3, 0.4) is 0 Å². The van der Waals surface area contributed by atoms with Gasteiger partial charge in [-0.15, -0.1) is 10.2 Å². The molecule has 30 heavy (non-hydrogen) atoms. The maximum Gasteiger partial charge on any atom is 0.422 e. The minimum Gasteiger partial charge on any atom is -0.471 e. The van der Waals surface area contributed by atoms with E-state index in [-0.39, 0.29) is 10.9 Å². The number of unbranched alkanes of at least 4 members (excludes halogenated alkanes) is 1. The third-order valence-corrected chi connectivity index (χ3v) is 5.89. The number of fused-ring (bicyclic) bond motifs is 1.